The topological polar surface area (TPSA) is 39.7 Å². The first-order chi connectivity index (χ1) is 14.7. The Labute approximate surface area is 181 Å². The number of anilines is 2. The molecule has 5 rings (SSSR count). The van der Waals surface area contributed by atoms with Crippen LogP contribution in [0.4, 0.5) is 11.5 Å². The maximum atomic E-state index is 13.3. The number of carbonyl (C=O) groups excluding carboxylic acids is 1. The molecule has 0 aliphatic carbocycles. The number of piperazine rings is 1. The number of thiophene rings is 1. The first-order valence-corrected chi connectivity index (χ1v) is 11.7. The number of benzene rings is 1. The van der Waals surface area contributed by atoms with Crippen LogP contribution in [0.5, 0.6) is 0 Å². The summed E-state index contributed by atoms with van der Waals surface area (Å²) in [4.78, 5) is 24.7. The molecule has 1 atom stereocenters. The van der Waals surface area contributed by atoms with Crippen molar-refractivity contribution in [3.63, 3.8) is 0 Å². The van der Waals surface area contributed by atoms with E-state index in [2.05, 4.69) is 68.4 Å². The van der Waals surface area contributed by atoms with E-state index < -0.39 is 0 Å². The third-order valence-corrected chi connectivity index (χ3v) is 7.30. The van der Waals surface area contributed by atoms with Crippen molar-refractivity contribution in [3.05, 3.63) is 53.5 Å². The van der Waals surface area contributed by atoms with Gasteiger partial charge >= 0.3 is 0 Å². The molecule has 0 radical (unpaired) electrons. The summed E-state index contributed by atoms with van der Waals surface area (Å²) >= 11 is 1.75. The monoisotopic (exact) mass is 420 g/mol. The average molecular weight is 421 g/mol. The van der Waals surface area contributed by atoms with E-state index in [0.717, 1.165) is 57.9 Å². The lowest BCUT2D eigenvalue weighted by Crippen LogP contribution is -2.52. The first kappa shape index (κ1) is 19.4. The largest absolute Gasteiger partial charge is 0.368 e. The second kappa shape index (κ2) is 8.26. The number of piperidine rings is 1. The van der Waals surface area contributed by atoms with Crippen molar-refractivity contribution in [2.75, 3.05) is 49.1 Å². The van der Waals surface area contributed by atoms with E-state index >= 15 is 0 Å². The molecule has 0 spiro atoms. The first-order valence-electron chi connectivity index (χ1n) is 10.9. The van der Waals surface area contributed by atoms with Crippen LogP contribution in [-0.2, 0) is 4.79 Å². The van der Waals surface area contributed by atoms with Gasteiger partial charge in [-0.3, -0.25) is 4.79 Å². The van der Waals surface area contributed by atoms with Crippen LogP contribution < -0.4 is 9.80 Å². The van der Waals surface area contributed by atoms with Crippen LogP contribution in [0.2, 0.25) is 0 Å². The van der Waals surface area contributed by atoms with Gasteiger partial charge in [0.2, 0.25) is 5.91 Å². The second-order valence-corrected chi connectivity index (χ2v) is 9.35. The zero-order valence-corrected chi connectivity index (χ0v) is 18.3. The molecule has 0 N–H and O–H groups in total. The highest BCUT2D eigenvalue weighted by Gasteiger charge is 2.32. The number of rotatable bonds is 3. The molecule has 3 aromatic rings. The molecule has 0 saturated carbocycles. The van der Waals surface area contributed by atoms with Gasteiger partial charge in [0, 0.05) is 61.2 Å². The molecule has 2 fully saturated rings. The Kier molecular flexibility index (Phi) is 5.34. The van der Waals surface area contributed by atoms with Crippen LogP contribution >= 0.6 is 11.3 Å². The number of nitrogens with zero attached hydrogens (tertiary/aromatic N) is 4. The Hall–Kier alpha value is -2.60. The van der Waals surface area contributed by atoms with Crippen molar-refractivity contribution < 1.29 is 4.79 Å². The molecular weight excluding hydrogens is 392 g/mol. The van der Waals surface area contributed by atoms with E-state index in [1.807, 2.05) is 6.20 Å². The average Bonchev–Trinajstić information content (AvgIpc) is 3.28. The quantitative estimate of drug-likeness (QED) is 0.638. The number of aryl methyl sites for hydroxylation is 1. The zero-order chi connectivity index (χ0) is 20.5. The highest BCUT2D eigenvalue weighted by atomic mass is 32.1. The van der Waals surface area contributed by atoms with Crippen molar-refractivity contribution in [1.29, 1.82) is 0 Å². The molecule has 5 nitrogen and oxygen atoms in total. The maximum Gasteiger partial charge on any atom is 0.227 e. The van der Waals surface area contributed by atoms with Gasteiger partial charge in [-0.2, -0.15) is 0 Å². The highest BCUT2D eigenvalue weighted by molar-refractivity contribution is 7.17. The third-order valence-electron chi connectivity index (χ3n) is 6.42. The van der Waals surface area contributed by atoms with Crippen LogP contribution in [-0.4, -0.2) is 55.1 Å². The molecule has 6 heteroatoms. The number of pyridine rings is 1. The summed E-state index contributed by atoms with van der Waals surface area (Å²) in [5.41, 5.74) is 2.54. The van der Waals surface area contributed by atoms with Crippen LogP contribution in [0.3, 0.4) is 0 Å². The van der Waals surface area contributed by atoms with Crippen molar-refractivity contribution in [2.24, 2.45) is 5.92 Å². The number of amides is 1. The maximum absolute atomic E-state index is 13.3. The molecule has 2 aromatic heterocycles. The van der Waals surface area contributed by atoms with Gasteiger partial charge in [0.15, 0.2) is 0 Å². The van der Waals surface area contributed by atoms with E-state index in [1.54, 1.807) is 11.3 Å². The van der Waals surface area contributed by atoms with Crippen LogP contribution in [0.25, 0.3) is 10.1 Å². The lowest BCUT2D eigenvalue weighted by atomic mass is 9.96. The zero-order valence-electron chi connectivity index (χ0n) is 17.5. The summed E-state index contributed by atoms with van der Waals surface area (Å²) in [5.74, 6) is 1.43. The number of hydrogen-bond donors (Lipinski definition) is 0. The molecule has 1 aromatic carbocycles. The minimum atomic E-state index is 0.0698. The molecule has 4 heterocycles. The Balaban J connectivity index is 1.23. The van der Waals surface area contributed by atoms with E-state index in [9.17, 15) is 4.79 Å². The molecule has 2 aliphatic rings. The molecule has 30 heavy (non-hydrogen) atoms. The van der Waals surface area contributed by atoms with Crippen molar-refractivity contribution in [2.45, 2.75) is 19.8 Å². The predicted octanol–water partition coefficient (Wildman–Crippen LogP) is 4.17. The molecule has 1 unspecified atom stereocenters. The third kappa shape index (κ3) is 3.76. The van der Waals surface area contributed by atoms with Crippen LogP contribution in [0.1, 0.15) is 18.4 Å². The standard InChI is InChI=1S/C24H28N4OS/c1-18-4-6-20(7-5-18)26-12-14-27(15-13-26)24(29)19-3-2-11-28(17-19)23-21-9-16-30-22(21)8-10-25-23/h4-10,16,19H,2-3,11-15,17H2,1H3. The second-order valence-electron chi connectivity index (χ2n) is 8.40. The minimum Gasteiger partial charge on any atom is -0.368 e. The van der Waals surface area contributed by atoms with Crippen LogP contribution in [0, 0.1) is 12.8 Å². The summed E-state index contributed by atoms with van der Waals surface area (Å²) in [6.07, 6.45) is 3.92. The van der Waals surface area contributed by atoms with E-state index in [-0.39, 0.29) is 5.92 Å². The van der Waals surface area contributed by atoms with Gasteiger partial charge in [-0.15, -0.1) is 11.3 Å². The van der Waals surface area contributed by atoms with Gasteiger partial charge in [-0.1, -0.05) is 17.7 Å². The fourth-order valence-electron chi connectivity index (χ4n) is 4.70. The molecule has 156 valence electrons. The van der Waals surface area contributed by atoms with Gasteiger partial charge < -0.3 is 14.7 Å². The number of carbonyl (C=O) groups is 1. The Bertz CT molecular complexity index is 1020. The Morgan fingerprint density at radius 1 is 1.00 bits per heavy atom. The van der Waals surface area contributed by atoms with E-state index in [4.69, 9.17) is 0 Å². The molecule has 2 saturated heterocycles. The van der Waals surface area contributed by atoms with Crippen molar-refractivity contribution >= 4 is 38.8 Å². The molecule has 2 aliphatic heterocycles. The van der Waals surface area contributed by atoms with Gasteiger partial charge in [0.25, 0.3) is 0 Å². The summed E-state index contributed by atoms with van der Waals surface area (Å²) < 4.78 is 1.26. The van der Waals surface area contributed by atoms with Gasteiger partial charge in [-0.25, -0.2) is 4.98 Å². The fraction of sp³-hybridized carbons (Fsp3) is 0.417. The van der Waals surface area contributed by atoms with Gasteiger partial charge in [0.1, 0.15) is 5.82 Å². The smallest absolute Gasteiger partial charge is 0.227 e. The molecule has 0 bridgehead atoms. The van der Waals surface area contributed by atoms with Crippen LogP contribution in [0.15, 0.2) is 48.0 Å². The summed E-state index contributed by atoms with van der Waals surface area (Å²) in [6, 6.07) is 12.9. The number of aromatic nitrogens is 1. The SMILES string of the molecule is Cc1ccc(N2CCN(C(=O)C3CCCN(c4nccc5sccc45)C3)CC2)cc1. The molecular formula is C24H28N4OS. The normalized spacial score (nSPS) is 20.0. The lowest BCUT2D eigenvalue weighted by molar-refractivity contribution is -0.136. The van der Waals surface area contributed by atoms with E-state index in [1.165, 1.54) is 21.3 Å². The minimum absolute atomic E-state index is 0.0698. The Morgan fingerprint density at radius 3 is 2.60 bits per heavy atom. The lowest BCUT2D eigenvalue weighted by Gasteiger charge is -2.40. The van der Waals surface area contributed by atoms with Gasteiger partial charge in [0.05, 0.1) is 5.92 Å². The summed E-state index contributed by atoms with van der Waals surface area (Å²) in [7, 11) is 0. The predicted molar refractivity (Wildman–Crippen MR) is 125 cm³/mol. The molecule has 1 amide bonds. The number of hydrogen-bond acceptors (Lipinski definition) is 5. The van der Waals surface area contributed by atoms with Gasteiger partial charge in [-0.05, 0) is 49.4 Å². The van der Waals surface area contributed by atoms with Crippen molar-refractivity contribution in [3.8, 4) is 0 Å². The highest BCUT2D eigenvalue weighted by Crippen LogP contribution is 2.31. The Morgan fingerprint density at radius 2 is 1.80 bits per heavy atom. The summed E-state index contributed by atoms with van der Waals surface area (Å²) in [5, 5.41) is 3.33. The van der Waals surface area contributed by atoms with Crippen molar-refractivity contribution in [1.82, 2.24) is 9.88 Å². The summed E-state index contributed by atoms with van der Waals surface area (Å²) in [6.45, 7) is 7.29. The van der Waals surface area contributed by atoms with E-state index in [0.29, 0.717) is 5.91 Å². The fourth-order valence-corrected chi connectivity index (χ4v) is 5.48. The number of fused-ring (bicyclic) bond motifs is 1.